The van der Waals surface area contributed by atoms with Gasteiger partial charge in [-0.25, -0.2) is 10.0 Å². The standard InChI is InChI=1S/C24H27N3O2/c1-15-11-16(2)13-20(12-15)27-18(4)23(24-25-17(3)9-10-26(24)27)19-7-8-21(28-5)22(14-19)29-6/h7-14,18H,1-6H3. The van der Waals surface area contributed by atoms with Crippen molar-refractivity contribution in [1.82, 2.24) is 5.01 Å². The van der Waals surface area contributed by atoms with Crippen LogP contribution >= 0.6 is 0 Å². The highest BCUT2D eigenvalue weighted by atomic mass is 16.5. The lowest BCUT2D eigenvalue weighted by Crippen LogP contribution is -2.39. The van der Waals surface area contributed by atoms with E-state index in [4.69, 9.17) is 14.5 Å². The molecule has 5 heteroatoms. The van der Waals surface area contributed by atoms with E-state index < -0.39 is 0 Å². The minimum absolute atomic E-state index is 0.101. The summed E-state index contributed by atoms with van der Waals surface area (Å²) < 4.78 is 11.0. The third kappa shape index (κ3) is 3.27. The van der Waals surface area contributed by atoms with Gasteiger partial charge < -0.3 is 9.47 Å². The van der Waals surface area contributed by atoms with Crippen LogP contribution in [0.25, 0.3) is 5.57 Å². The van der Waals surface area contributed by atoms with Crippen LogP contribution in [-0.4, -0.2) is 31.0 Å². The number of hydrazine groups is 1. The van der Waals surface area contributed by atoms with Gasteiger partial charge in [0, 0.05) is 17.5 Å². The number of rotatable bonds is 4. The summed E-state index contributed by atoms with van der Waals surface area (Å²) in [6, 6.07) is 12.8. The van der Waals surface area contributed by atoms with Crippen molar-refractivity contribution in [1.29, 1.82) is 0 Å². The van der Waals surface area contributed by atoms with E-state index in [9.17, 15) is 0 Å². The topological polar surface area (TPSA) is 37.3 Å². The van der Waals surface area contributed by atoms with Crippen LogP contribution in [0.15, 0.2) is 59.5 Å². The molecule has 150 valence electrons. The number of hydrogen-bond donors (Lipinski definition) is 0. The predicted molar refractivity (Wildman–Crippen MR) is 118 cm³/mol. The van der Waals surface area contributed by atoms with E-state index in [0.717, 1.165) is 34.1 Å². The molecule has 0 bridgehead atoms. The summed E-state index contributed by atoms with van der Waals surface area (Å²) in [5.41, 5.74) is 6.87. The fourth-order valence-corrected chi connectivity index (χ4v) is 4.16. The van der Waals surface area contributed by atoms with E-state index in [1.54, 1.807) is 14.2 Å². The Bertz CT molecular complexity index is 1030. The second kappa shape index (κ2) is 7.32. The maximum atomic E-state index is 5.55. The first-order chi connectivity index (χ1) is 13.9. The molecule has 2 aliphatic rings. The number of methoxy groups -OCH3 is 2. The molecular formula is C24H27N3O2. The zero-order valence-electron chi connectivity index (χ0n) is 17.9. The number of allylic oxidation sites excluding steroid dienone is 1. The Balaban J connectivity index is 1.86. The lowest BCUT2D eigenvalue weighted by Gasteiger charge is -2.34. The van der Waals surface area contributed by atoms with Crippen molar-refractivity contribution >= 4 is 17.0 Å². The predicted octanol–water partition coefficient (Wildman–Crippen LogP) is 5.10. The van der Waals surface area contributed by atoms with Gasteiger partial charge in [-0.15, -0.1) is 0 Å². The Labute approximate surface area is 172 Å². The maximum Gasteiger partial charge on any atom is 0.161 e. The van der Waals surface area contributed by atoms with E-state index in [0.29, 0.717) is 5.75 Å². The number of fused-ring (bicyclic) bond motifs is 1. The summed E-state index contributed by atoms with van der Waals surface area (Å²) in [7, 11) is 3.32. The Kier molecular flexibility index (Phi) is 4.82. The first-order valence-electron chi connectivity index (χ1n) is 9.79. The fraction of sp³-hybridized carbons (Fsp3) is 0.292. The van der Waals surface area contributed by atoms with Gasteiger partial charge in [-0.1, -0.05) is 12.1 Å². The number of ether oxygens (including phenoxy) is 2. The highest BCUT2D eigenvalue weighted by molar-refractivity contribution is 5.96. The van der Waals surface area contributed by atoms with Crippen molar-refractivity contribution in [2.45, 2.75) is 33.7 Å². The SMILES string of the molecule is COc1ccc(C2=C3N=C(C)C=CN3N(c3cc(C)cc(C)c3)C2C)cc1OC. The zero-order valence-corrected chi connectivity index (χ0v) is 17.9. The third-order valence-electron chi connectivity index (χ3n) is 5.38. The van der Waals surface area contributed by atoms with Crippen LogP contribution < -0.4 is 14.5 Å². The fourth-order valence-electron chi connectivity index (χ4n) is 4.16. The summed E-state index contributed by atoms with van der Waals surface area (Å²) in [5, 5.41) is 4.45. The Hall–Kier alpha value is -3.21. The molecule has 0 spiro atoms. The van der Waals surface area contributed by atoms with Gasteiger partial charge in [-0.3, -0.25) is 5.01 Å². The van der Waals surface area contributed by atoms with Crippen molar-refractivity contribution in [2.24, 2.45) is 4.99 Å². The third-order valence-corrected chi connectivity index (χ3v) is 5.38. The van der Waals surface area contributed by atoms with Crippen molar-refractivity contribution in [3.05, 3.63) is 71.2 Å². The molecule has 5 nitrogen and oxygen atoms in total. The van der Waals surface area contributed by atoms with Gasteiger partial charge in [0.25, 0.3) is 0 Å². The molecule has 2 aromatic carbocycles. The second-order valence-corrected chi connectivity index (χ2v) is 7.59. The smallest absolute Gasteiger partial charge is 0.161 e. The number of benzene rings is 2. The monoisotopic (exact) mass is 389 g/mol. The Morgan fingerprint density at radius 2 is 1.59 bits per heavy atom. The van der Waals surface area contributed by atoms with Crippen molar-refractivity contribution in [3.8, 4) is 11.5 Å². The Morgan fingerprint density at radius 3 is 2.24 bits per heavy atom. The van der Waals surface area contributed by atoms with E-state index in [-0.39, 0.29) is 6.04 Å². The van der Waals surface area contributed by atoms with Crippen LogP contribution in [0, 0.1) is 13.8 Å². The van der Waals surface area contributed by atoms with Gasteiger partial charge in [0.1, 0.15) is 0 Å². The summed E-state index contributed by atoms with van der Waals surface area (Å²) in [4.78, 5) is 4.89. The van der Waals surface area contributed by atoms with Crippen LogP contribution in [0.1, 0.15) is 30.5 Å². The van der Waals surface area contributed by atoms with Crippen LogP contribution in [0.2, 0.25) is 0 Å². The number of anilines is 1. The lowest BCUT2D eigenvalue weighted by molar-refractivity contribution is 0.355. The molecule has 0 amide bonds. The molecule has 0 aliphatic carbocycles. The molecule has 0 saturated heterocycles. The normalized spacial score (nSPS) is 18.1. The Morgan fingerprint density at radius 1 is 0.897 bits per heavy atom. The summed E-state index contributed by atoms with van der Waals surface area (Å²) in [5.74, 6) is 2.39. The van der Waals surface area contributed by atoms with Gasteiger partial charge in [0.15, 0.2) is 17.3 Å². The largest absolute Gasteiger partial charge is 0.493 e. The molecule has 4 rings (SSSR count). The summed E-state index contributed by atoms with van der Waals surface area (Å²) >= 11 is 0. The first kappa shape index (κ1) is 19.1. The average molecular weight is 389 g/mol. The van der Waals surface area contributed by atoms with Gasteiger partial charge in [0.05, 0.1) is 25.9 Å². The van der Waals surface area contributed by atoms with Gasteiger partial charge in [-0.05, 0) is 74.7 Å². The highest BCUT2D eigenvalue weighted by Gasteiger charge is 2.37. The maximum absolute atomic E-state index is 5.55. The van der Waals surface area contributed by atoms with Gasteiger partial charge in [0.2, 0.25) is 0 Å². The average Bonchev–Trinajstić information content (AvgIpc) is 2.97. The lowest BCUT2D eigenvalue weighted by atomic mass is 9.99. The van der Waals surface area contributed by atoms with Gasteiger partial charge in [-0.2, -0.15) is 0 Å². The highest BCUT2D eigenvalue weighted by Crippen LogP contribution is 2.43. The minimum atomic E-state index is 0.101. The molecule has 2 aromatic rings. The summed E-state index contributed by atoms with van der Waals surface area (Å²) in [6.45, 7) is 8.51. The molecule has 1 atom stereocenters. The zero-order chi connectivity index (χ0) is 20.7. The van der Waals surface area contributed by atoms with Crippen molar-refractivity contribution < 1.29 is 9.47 Å². The second-order valence-electron chi connectivity index (χ2n) is 7.59. The quantitative estimate of drug-likeness (QED) is 0.729. The molecule has 0 aromatic heterocycles. The molecule has 0 radical (unpaired) electrons. The van der Waals surface area contributed by atoms with Crippen molar-refractivity contribution in [3.63, 3.8) is 0 Å². The van der Waals surface area contributed by atoms with E-state index in [1.807, 2.05) is 25.1 Å². The van der Waals surface area contributed by atoms with Crippen LogP contribution in [0.3, 0.4) is 0 Å². The van der Waals surface area contributed by atoms with Crippen LogP contribution in [-0.2, 0) is 0 Å². The number of aryl methyl sites for hydroxylation is 2. The summed E-state index contributed by atoms with van der Waals surface area (Å²) in [6.07, 6.45) is 4.14. The molecule has 0 saturated carbocycles. The molecule has 0 fully saturated rings. The molecule has 29 heavy (non-hydrogen) atoms. The van der Waals surface area contributed by atoms with E-state index >= 15 is 0 Å². The van der Waals surface area contributed by atoms with Gasteiger partial charge >= 0.3 is 0 Å². The van der Waals surface area contributed by atoms with Crippen LogP contribution in [0.5, 0.6) is 11.5 Å². The van der Waals surface area contributed by atoms with E-state index in [2.05, 4.69) is 61.3 Å². The van der Waals surface area contributed by atoms with Crippen molar-refractivity contribution in [2.75, 3.05) is 19.2 Å². The number of hydrogen-bond acceptors (Lipinski definition) is 5. The molecular weight excluding hydrogens is 362 g/mol. The molecule has 1 unspecified atom stereocenters. The first-order valence-corrected chi connectivity index (χ1v) is 9.79. The number of nitrogens with zero attached hydrogens (tertiary/aromatic N) is 3. The molecule has 2 aliphatic heterocycles. The molecule has 0 N–H and O–H groups in total. The number of aliphatic imine (C=N–C) groups is 1. The van der Waals surface area contributed by atoms with Crippen LogP contribution in [0.4, 0.5) is 5.69 Å². The molecule has 2 heterocycles. The minimum Gasteiger partial charge on any atom is -0.493 e. The van der Waals surface area contributed by atoms with E-state index in [1.165, 1.54) is 11.1 Å².